The van der Waals surface area contributed by atoms with Crippen LogP contribution >= 0.6 is 11.6 Å². The normalized spacial score (nSPS) is 12.3. The van der Waals surface area contributed by atoms with E-state index in [1.54, 1.807) is 25.1 Å². The molecule has 0 aromatic heterocycles. The topological polar surface area (TPSA) is 43.4 Å². The Morgan fingerprint density at radius 2 is 1.89 bits per heavy atom. The van der Waals surface area contributed by atoms with Gasteiger partial charge in [0.05, 0.1) is 10.9 Å². The third-order valence-electron chi connectivity index (χ3n) is 3.14. The summed E-state index contributed by atoms with van der Waals surface area (Å²) < 4.78 is 5.02. The van der Waals surface area contributed by atoms with Crippen molar-refractivity contribution >= 4 is 23.4 Å². The number of carbonyl (C=O) groups is 2. The van der Waals surface area contributed by atoms with Crippen LogP contribution in [0.25, 0.3) is 0 Å². The van der Waals surface area contributed by atoms with Crippen molar-refractivity contribution in [1.82, 2.24) is 0 Å². The molecule has 1 rings (SSSR count). The number of hydrogen-bond acceptors (Lipinski definition) is 3. The number of carbonyl (C=O) groups excluding carboxylic acids is 2. The lowest BCUT2D eigenvalue weighted by Crippen LogP contribution is -2.23. The van der Waals surface area contributed by atoms with Crippen LogP contribution < -0.4 is 0 Å². The molecule has 0 spiro atoms. The second-order valence-electron chi connectivity index (χ2n) is 5.05. The van der Waals surface area contributed by atoms with Gasteiger partial charge in [0, 0.05) is 5.56 Å². The van der Waals surface area contributed by atoms with Crippen molar-refractivity contribution in [3.05, 3.63) is 34.3 Å². The highest BCUT2D eigenvalue weighted by molar-refractivity contribution is 6.34. The van der Waals surface area contributed by atoms with Gasteiger partial charge in [-0.05, 0) is 30.5 Å². The van der Waals surface area contributed by atoms with Gasteiger partial charge in [0.15, 0.2) is 6.61 Å². The maximum Gasteiger partial charge on any atom is 0.309 e. The highest BCUT2D eigenvalue weighted by atomic mass is 35.5. The van der Waals surface area contributed by atoms with Crippen LogP contribution in [0.3, 0.4) is 0 Å². The van der Waals surface area contributed by atoms with Gasteiger partial charge in [-0.2, -0.15) is 0 Å². The molecule has 1 unspecified atom stereocenters. The summed E-state index contributed by atoms with van der Waals surface area (Å²) in [6, 6.07) is 5.17. The van der Waals surface area contributed by atoms with E-state index in [9.17, 15) is 9.59 Å². The second kappa shape index (κ2) is 6.71. The van der Waals surface area contributed by atoms with E-state index in [-0.39, 0.29) is 30.2 Å². The monoisotopic (exact) mass is 282 g/mol. The Morgan fingerprint density at radius 3 is 2.42 bits per heavy atom. The van der Waals surface area contributed by atoms with Gasteiger partial charge in [-0.1, -0.05) is 38.4 Å². The smallest absolute Gasteiger partial charge is 0.309 e. The fourth-order valence-corrected chi connectivity index (χ4v) is 1.80. The van der Waals surface area contributed by atoms with Crippen LogP contribution in [0.4, 0.5) is 0 Å². The van der Waals surface area contributed by atoms with Crippen molar-refractivity contribution in [1.29, 1.82) is 0 Å². The Hall–Kier alpha value is -1.35. The van der Waals surface area contributed by atoms with Crippen molar-refractivity contribution in [2.45, 2.75) is 27.7 Å². The lowest BCUT2D eigenvalue weighted by atomic mass is 9.99. The van der Waals surface area contributed by atoms with Gasteiger partial charge in [-0.15, -0.1) is 0 Å². The first-order chi connectivity index (χ1) is 8.82. The molecule has 104 valence electrons. The van der Waals surface area contributed by atoms with Crippen molar-refractivity contribution in [3.63, 3.8) is 0 Å². The Kier molecular flexibility index (Phi) is 5.55. The van der Waals surface area contributed by atoms with Crippen LogP contribution in [0.15, 0.2) is 18.2 Å². The Bertz CT molecular complexity index is 480. The molecule has 0 saturated heterocycles. The molecule has 0 aliphatic rings. The molecule has 1 aromatic rings. The van der Waals surface area contributed by atoms with E-state index in [0.29, 0.717) is 10.6 Å². The van der Waals surface area contributed by atoms with E-state index in [2.05, 4.69) is 0 Å². The van der Waals surface area contributed by atoms with Gasteiger partial charge in [-0.3, -0.25) is 9.59 Å². The summed E-state index contributed by atoms with van der Waals surface area (Å²) in [5.41, 5.74) is 1.37. The molecule has 0 amide bonds. The molecule has 19 heavy (non-hydrogen) atoms. The molecule has 0 bridgehead atoms. The molecule has 3 nitrogen and oxygen atoms in total. The van der Waals surface area contributed by atoms with Gasteiger partial charge >= 0.3 is 5.97 Å². The maximum atomic E-state index is 11.9. The predicted octanol–water partition coefficient (Wildman–Crippen LogP) is 3.67. The van der Waals surface area contributed by atoms with E-state index in [4.69, 9.17) is 16.3 Å². The van der Waals surface area contributed by atoms with Crippen molar-refractivity contribution < 1.29 is 14.3 Å². The number of rotatable bonds is 5. The average Bonchev–Trinajstić information content (AvgIpc) is 2.34. The molecule has 0 aliphatic carbocycles. The minimum absolute atomic E-state index is 0.186. The molecule has 0 fully saturated rings. The second-order valence-corrected chi connectivity index (χ2v) is 5.45. The van der Waals surface area contributed by atoms with Crippen LogP contribution in [-0.4, -0.2) is 18.4 Å². The summed E-state index contributed by atoms with van der Waals surface area (Å²) in [7, 11) is 0. The Morgan fingerprint density at radius 1 is 1.26 bits per heavy atom. The quantitative estimate of drug-likeness (QED) is 0.611. The molecule has 0 heterocycles. The third-order valence-corrected chi connectivity index (χ3v) is 3.46. The highest BCUT2D eigenvalue weighted by Gasteiger charge is 2.20. The largest absolute Gasteiger partial charge is 0.457 e. The molecule has 0 radical (unpaired) electrons. The van der Waals surface area contributed by atoms with Gasteiger partial charge in [0.2, 0.25) is 5.78 Å². The van der Waals surface area contributed by atoms with Gasteiger partial charge in [-0.25, -0.2) is 0 Å². The number of Topliss-reactive ketones (excluding diaryl/α,β-unsaturated/α-hetero) is 1. The minimum atomic E-state index is -0.355. The number of hydrogen-bond donors (Lipinski definition) is 0. The zero-order valence-corrected chi connectivity index (χ0v) is 12.5. The van der Waals surface area contributed by atoms with E-state index in [1.807, 2.05) is 20.8 Å². The zero-order chi connectivity index (χ0) is 14.6. The van der Waals surface area contributed by atoms with Crippen LogP contribution in [0.2, 0.25) is 5.02 Å². The molecule has 0 aliphatic heterocycles. The summed E-state index contributed by atoms with van der Waals surface area (Å²) in [6.07, 6.45) is 0. The number of esters is 1. The number of ketones is 1. The lowest BCUT2D eigenvalue weighted by molar-refractivity contribution is -0.148. The van der Waals surface area contributed by atoms with Crippen LogP contribution in [0, 0.1) is 18.8 Å². The molecule has 1 aromatic carbocycles. The average molecular weight is 283 g/mol. The molecule has 0 N–H and O–H groups in total. The first-order valence-corrected chi connectivity index (χ1v) is 6.66. The first kappa shape index (κ1) is 15.7. The molecular weight excluding hydrogens is 264 g/mol. The fourth-order valence-electron chi connectivity index (χ4n) is 1.46. The van der Waals surface area contributed by atoms with Crippen LogP contribution in [0.1, 0.15) is 36.7 Å². The van der Waals surface area contributed by atoms with Crippen LogP contribution in [0.5, 0.6) is 0 Å². The minimum Gasteiger partial charge on any atom is -0.457 e. The number of halogens is 1. The van der Waals surface area contributed by atoms with E-state index >= 15 is 0 Å². The maximum absolute atomic E-state index is 11.9. The molecule has 4 heteroatoms. The number of benzene rings is 1. The van der Waals surface area contributed by atoms with Gasteiger partial charge in [0.1, 0.15) is 0 Å². The number of ether oxygens (including phenoxy) is 1. The van der Waals surface area contributed by atoms with E-state index in [0.717, 1.165) is 5.56 Å². The Labute approximate surface area is 118 Å². The molecule has 0 saturated carbocycles. The molecule has 1 atom stereocenters. The van der Waals surface area contributed by atoms with Crippen LogP contribution in [-0.2, 0) is 9.53 Å². The van der Waals surface area contributed by atoms with E-state index < -0.39 is 0 Å². The zero-order valence-electron chi connectivity index (χ0n) is 11.7. The van der Waals surface area contributed by atoms with Crippen molar-refractivity contribution in [2.24, 2.45) is 11.8 Å². The third kappa shape index (κ3) is 4.35. The molecular formula is C15H19ClO3. The predicted molar refractivity (Wildman–Crippen MR) is 75.5 cm³/mol. The van der Waals surface area contributed by atoms with Gasteiger partial charge in [0.25, 0.3) is 0 Å². The summed E-state index contributed by atoms with van der Waals surface area (Å²) >= 11 is 5.99. The van der Waals surface area contributed by atoms with Crippen molar-refractivity contribution in [2.75, 3.05) is 6.61 Å². The van der Waals surface area contributed by atoms with Crippen molar-refractivity contribution in [3.8, 4) is 0 Å². The summed E-state index contributed by atoms with van der Waals surface area (Å²) in [5.74, 6) is -0.673. The summed E-state index contributed by atoms with van der Waals surface area (Å²) in [5, 5.41) is 0.387. The standard InChI is InChI=1S/C15H19ClO3/c1-9(2)11(4)15(18)19-8-14(17)12-6-5-10(3)7-13(12)16/h5-7,9,11H,8H2,1-4H3. The fraction of sp³-hybridized carbons (Fsp3) is 0.467. The SMILES string of the molecule is Cc1ccc(C(=O)COC(=O)C(C)C(C)C)c(Cl)c1. The van der Waals surface area contributed by atoms with E-state index in [1.165, 1.54) is 0 Å². The highest BCUT2D eigenvalue weighted by Crippen LogP contribution is 2.18. The summed E-state index contributed by atoms with van der Waals surface area (Å²) in [6.45, 7) is 7.29. The lowest BCUT2D eigenvalue weighted by Gasteiger charge is -2.14. The number of aryl methyl sites for hydroxylation is 1. The first-order valence-electron chi connectivity index (χ1n) is 6.29. The van der Waals surface area contributed by atoms with Gasteiger partial charge < -0.3 is 4.74 Å². The summed E-state index contributed by atoms with van der Waals surface area (Å²) in [4.78, 5) is 23.6. The Balaban J connectivity index is 2.63.